The highest BCUT2D eigenvalue weighted by Crippen LogP contribution is 2.56. The summed E-state index contributed by atoms with van der Waals surface area (Å²) in [7, 11) is 0. The summed E-state index contributed by atoms with van der Waals surface area (Å²) >= 11 is 0. The van der Waals surface area contributed by atoms with Crippen LogP contribution in [0.25, 0.3) is 0 Å². The molecule has 26 heavy (non-hydrogen) atoms. The van der Waals surface area contributed by atoms with Crippen molar-refractivity contribution in [2.75, 3.05) is 32.7 Å². The van der Waals surface area contributed by atoms with Gasteiger partial charge in [-0.05, 0) is 69.4 Å². The molecule has 146 valence electrons. The summed E-state index contributed by atoms with van der Waals surface area (Å²) in [6.45, 7) is 12.1. The lowest BCUT2D eigenvalue weighted by molar-refractivity contribution is -0.146. The van der Waals surface area contributed by atoms with Crippen molar-refractivity contribution in [1.82, 2.24) is 10.2 Å². The van der Waals surface area contributed by atoms with Gasteiger partial charge >= 0.3 is 5.97 Å². The van der Waals surface area contributed by atoms with Gasteiger partial charge in [-0.15, -0.1) is 0 Å². The molecule has 2 aliphatic heterocycles. The first-order valence-corrected chi connectivity index (χ1v) is 10.9. The molecule has 0 aromatic heterocycles. The standard InChI is InChI=1S/C22H36N2O2/c1-16-7-6-8-22(2)14-20-17(13-19(16)22)18(21(25)26-20)15-23-9-12-24-10-4-3-5-11-24/h17-20,23H,1,3-15H2,2H3. The third-order valence-corrected chi connectivity index (χ3v) is 7.74. The van der Waals surface area contributed by atoms with Crippen LogP contribution in [0, 0.1) is 23.2 Å². The molecule has 0 aromatic carbocycles. The van der Waals surface area contributed by atoms with Crippen LogP contribution in [0.15, 0.2) is 12.2 Å². The molecular formula is C22H36N2O2. The molecular weight excluding hydrogens is 324 g/mol. The van der Waals surface area contributed by atoms with Crippen molar-refractivity contribution in [1.29, 1.82) is 0 Å². The topological polar surface area (TPSA) is 41.6 Å². The Morgan fingerprint density at radius 3 is 2.88 bits per heavy atom. The number of carbonyl (C=O) groups is 1. The fourth-order valence-corrected chi connectivity index (χ4v) is 6.17. The maximum absolute atomic E-state index is 12.5. The molecule has 2 heterocycles. The number of carbonyl (C=O) groups excluding carboxylic acids is 1. The zero-order valence-corrected chi connectivity index (χ0v) is 16.5. The summed E-state index contributed by atoms with van der Waals surface area (Å²) in [6.07, 6.45) is 10.0. The number of rotatable bonds is 5. The van der Waals surface area contributed by atoms with Gasteiger partial charge < -0.3 is 15.0 Å². The Balaban J connectivity index is 1.31. The van der Waals surface area contributed by atoms with Crippen molar-refractivity contribution >= 4 is 5.97 Å². The average molecular weight is 361 g/mol. The molecule has 4 rings (SSSR count). The minimum Gasteiger partial charge on any atom is -0.462 e. The Kier molecular flexibility index (Phi) is 5.43. The minimum absolute atomic E-state index is 0.0401. The summed E-state index contributed by atoms with van der Waals surface area (Å²) in [5.41, 5.74) is 1.72. The lowest BCUT2D eigenvalue weighted by Gasteiger charge is -2.50. The van der Waals surface area contributed by atoms with E-state index in [9.17, 15) is 4.79 Å². The van der Waals surface area contributed by atoms with E-state index < -0.39 is 0 Å². The maximum Gasteiger partial charge on any atom is 0.310 e. The van der Waals surface area contributed by atoms with Crippen LogP contribution in [0.3, 0.4) is 0 Å². The van der Waals surface area contributed by atoms with Gasteiger partial charge in [0, 0.05) is 25.6 Å². The number of ether oxygens (including phenoxy) is 1. The second-order valence-corrected chi connectivity index (χ2v) is 9.51. The first-order chi connectivity index (χ1) is 12.6. The molecule has 2 aliphatic carbocycles. The van der Waals surface area contributed by atoms with Gasteiger partial charge in [0.05, 0.1) is 5.92 Å². The number of fused-ring (bicyclic) bond motifs is 2. The highest BCUT2D eigenvalue weighted by molar-refractivity contribution is 5.75. The van der Waals surface area contributed by atoms with Crippen LogP contribution < -0.4 is 5.32 Å². The van der Waals surface area contributed by atoms with Crippen molar-refractivity contribution in [2.45, 2.75) is 64.4 Å². The lowest BCUT2D eigenvalue weighted by atomic mass is 9.55. The van der Waals surface area contributed by atoms with Gasteiger partial charge in [-0.3, -0.25) is 4.79 Å². The van der Waals surface area contributed by atoms with E-state index in [4.69, 9.17) is 4.74 Å². The SMILES string of the molecule is C=C1CCCC2(C)CC3OC(=O)C(CNCCN4CCCCC4)C3CC12. The van der Waals surface area contributed by atoms with Crippen molar-refractivity contribution in [3.05, 3.63) is 12.2 Å². The van der Waals surface area contributed by atoms with E-state index in [1.807, 2.05) is 0 Å². The summed E-state index contributed by atoms with van der Waals surface area (Å²) < 4.78 is 5.86. The number of likely N-dealkylation sites (tertiary alicyclic amines) is 1. The molecule has 5 unspecified atom stereocenters. The molecule has 2 saturated carbocycles. The molecule has 1 N–H and O–H groups in total. The first-order valence-electron chi connectivity index (χ1n) is 10.9. The van der Waals surface area contributed by atoms with Crippen LogP contribution in [-0.4, -0.2) is 49.7 Å². The van der Waals surface area contributed by atoms with Gasteiger partial charge in [-0.2, -0.15) is 0 Å². The van der Waals surface area contributed by atoms with Crippen LogP contribution in [0.1, 0.15) is 58.3 Å². The Labute approximate surface area is 158 Å². The third-order valence-electron chi connectivity index (χ3n) is 7.74. The number of esters is 1. The zero-order valence-electron chi connectivity index (χ0n) is 16.5. The fraction of sp³-hybridized carbons (Fsp3) is 0.864. The van der Waals surface area contributed by atoms with Crippen molar-refractivity contribution in [3.8, 4) is 0 Å². The molecule has 4 fully saturated rings. The molecule has 0 radical (unpaired) electrons. The van der Waals surface area contributed by atoms with Crippen LogP contribution in [0.2, 0.25) is 0 Å². The van der Waals surface area contributed by atoms with Crippen LogP contribution in [0.4, 0.5) is 0 Å². The third kappa shape index (κ3) is 3.60. The Morgan fingerprint density at radius 1 is 1.27 bits per heavy atom. The quantitative estimate of drug-likeness (QED) is 0.464. The second-order valence-electron chi connectivity index (χ2n) is 9.51. The predicted octanol–water partition coefficient (Wildman–Crippen LogP) is 3.38. The van der Waals surface area contributed by atoms with E-state index in [1.54, 1.807) is 0 Å². The second kappa shape index (κ2) is 7.63. The van der Waals surface area contributed by atoms with Gasteiger partial charge in [-0.1, -0.05) is 25.5 Å². The van der Waals surface area contributed by atoms with Crippen molar-refractivity contribution < 1.29 is 9.53 Å². The number of hydrogen-bond donors (Lipinski definition) is 1. The molecule has 5 atom stereocenters. The number of piperidine rings is 1. The average Bonchev–Trinajstić information content (AvgIpc) is 2.92. The van der Waals surface area contributed by atoms with Crippen molar-refractivity contribution in [3.63, 3.8) is 0 Å². The molecule has 0 bridgehead atoms. The summed E-state index contributed by atoms with van der Waals surface area (Å²) in [5, 5.41) is 3.57. The van der Waals surface area contributed by atoms with Crippen molar-refractivity contribution in [2.24, 2.45) is 23.2 Å². The van der Waals surface area contributed by atoms with Gasteiger partial charge in [0.2, 0.25) is 0 Å². The molecule has 4 heteroatoms. The monoisotopic (exact) mass is 360 g/mol. The zero-order chi connectivity index (χ0) is 18.1. The fourth-order valence-electron chi connectivity index (χ4n) is 6.17. The Hall–Kier alpha value is -0.870. The summed E-state index contributed by atoms with van der Waals surface area (Å²) in [4.78, 5) is 15.1. The van der Waals surface area contributed by atoms with E-state index in [2.05, 4.69) is 23.7 Å². The smallest absolute Gasteiger partial charge is 0.310 e. The lowest BCUT2D eigenvalue weighted by Crippen LogP contribution is -2.45. The largest absolute Gasteiger partial charge is 0.462 e. The van der Waals surface area contributed by atoms with Gasteiger partial charge in [0.1, 0.15) is 6.10 Å². The van der Waals surface area contributed by atoms with Gasteiger partial charge in [0.25, 0.3) is 0 Å². The van der Waals surface area contributed by atoms with E-state index in [0.29, 0.717) is 17.3 Å². The predicted molar refractivity (Wildman–Crippen MR) is 104 cm³/mol. The molecule has 2 saturated heterocycles. The van der Waals surface area contributed by atoms with E-state index in [0.717, 1.165) is 32.5 Å². The van der Waals surface area contributed by atoms with E-state index >= 15 is 0 Å². The normalized spacial score (nSPS) is 40.8. The number of nitrogens with one attached hydrogen (secondary N) is 1. The molecule has 0 spiro atoms. The highest BCUT2D eigenvalue weighted by Gasteiger charge is 2.54. The Morgan fingerprint density at radius 2 is 2.08 bits per heavy atom. The number of allylic oxidation sites excluding steroid dienone is 1. The summed E-state index contributed by atoms with van der Waals surface area (Å²) in [5.74, 6) is 1.06. The summed E-state index contributed by atoms with van der Waals surface area (Å²) in [6, 6.07) is 0. The number of nitrogens with zero attached hydrogens (tertiary/aromatic N) is 1. The highest BCUT2D eigenvalue weighted by atomic mass is 16.6. The van der Waals surface area contributed by atoms with E-state index in [1.165, 1.54) is 57.2 Å². The maximum atomic E-state index is 12.5. The Bertz CT molecular complexity index is 542. The molecule has 0 aromatic rings. The van der Waals surface area contributed by atoms with Crippen LogP contribution >= 0.6 is 0 Å². The number of hydrogen-bond acceptors (Lipinski definition) is 4. The van der Waals surface area contributed by atoms with Gasteiger partial charge in [-0.25, -0.2) is 0 Å². The first kappa shape index (κ1) is 18.5. The van der Waals surface area contributed by atoms with Crippen LogP contribution in [0.5, 0.6) is 0 Å². The minimum atomic E-state index is 0.0401. The molecule has 4 nitrogen and oxygen atoms in total. The van der Waals surface area contributed by atoms with Gasteiger partial charge in [0.15, 0.2) is 0 Å². The van der Waals surface area contributed by atoms with E-state index in [-0.39, 0.29) is 18.0 Å². The molecule has 4 aliphatic rings. The van der Waals surface area contributed by atoms with Crippen LogP contribution in [-0.2, 0) is 9.53 Å². The molecule has 0 amide bonds.